The number of nitrogens with two attached hydrogens (primary N) is 1. The molecule has 0 radical (unpaired) electrons. The molecule has 4 nitrogen and oxygen atoms in total. The molecule has 2 N–H and O–H groups in total. The number of nitrogens with zero attached hydrogens (tertiary/aromatic N) is 2. The van der Waals surface area contributed by atoms with Crippen molar-refractivity contribution in [2.75, 3.05) is 25.9 Å². The van der Waals surface area contributed by atoms with Crippen molar-refractivity contribution in [3.63, 3.8) is 0 Å². The summed E-state index contributed by atoms with van der Waals surface area (Å²) in [7, 11) is 2.18. The molecule has 0 aliphatic carbocycles. The normalized spacial score (nSPS) is 20.7. The van der Waals surface area contributed by atoms with Crippen LogP contribution in [0.2, 0.25) is 0 Å². The van der Waals surface area contributed by atoms with E-state index in [1.807, 2.05) is 6.92 Å². The van der Waals surface area contributed by atoms with E-state index < -0.39 is 0 Å². The van der Waals surface area contributed by atoms with Crippen LogP contribution in [-0.4, -0.2) is 36.1 Å². The van der Waals surface area contributed by atoms with Gasteiger partial charge in [-0.15, -0.1) is 0 Å². The molecule has 17 heavy (non-hydrogen) atoms. The first-order chi connectivity index (χ1) is 8.16. The zero-order chi connectivity index (χ0) is 12.3. The molecule has 1 fully saturated rings. The number of hydrogen-bond acceptors (Lipinski definition) is 4. The lowest BCUT2D eigenvalue weighted by atomic mass is 10.1. The highest BCUT2D eigenvalue weighted by Crippen LogP contribution is 2.19. The molecule has 1 aliphatic rings. The predicted molar refractivity (Wildman–Crippen MR) is 69.2 cm³/mol. The summed E-state index contributed by atoms with van der Waals surface area (Å²) >= 11 is 0. The molecule has 2 rings (SSSR count). The molecule has 94 valence electrons. The second-order valence-corrected chi connectivity index (χ2v) is 4.79. The molecule has 0 spiro atoms. The molecular weight excluding hydrogens is 214 g/mol. The first-order valence-corrected chi connectivity index (χ1v) is 6.22. The van der Waals surface area contributed by atoms with Gasteiger partial charge in [0, 0.05) is 24.0 Å². The Hall–Kier alpha value is -1.29. The van der Waals surface area contributed by atoms with Crippen molar-refractivity contribution in [2.45, 2.75) is 32.2 Å². The Morgan fingerprint density at radius 2 is 2.41 bits per heavy atom. The summed E-state index contributed by atoms with van der Waals surface area (Å²) in [5.41, 5.74) is 7.55. The zero-order valence-corrected chi connectivity index (χ0v) is 10.6. The fraction of sp³-hybridized carbons (Fsp3) is 0.615. The summed E-state index contributed by atoms with van der Waals surface area (Å²) in [5, 5.41) is 0. The molecule has 0 amide bonds. The van der Waals surface area contributed by atoms with Gasteiger partial charge < -0.3 is 15.4 Å². The molecule has 1 unspecified atom stereocenters. The van der Waals surface area contributed by atoms with Crippen LogP contribution >= 0.6 is 0 Å². The Morgan fingerprint density at radius 3 is 3.06 bits per heavy atom. The maximum Gasteiger partial charge on any atom is 0.215 e. The molecule has 1 saturated heterocycles. The van der Waals surface area contributed by atoms with E-state index in [1.54, 1.807) is 12.3 Å². The quantitative estimate of drug-likeness (QED) is 0.865. The molecule has 1 aromatic heterocycles. The summed E-state index contributed by atoms with van der Waals surface area (Å²) < 4.78 is 5.63. The van der Waals surface area contributed by atoms with Crippen LogP contribution in [0.4, 0.5) is 5.69 Å². The fourth-order valence-corrected chi connectivity index (χ4v) is 2.24. The van der Waals surface area contributed by atoms with Crippen LogP contribution in [0.15, 0.2) is 12.3 Å². The van der Waals surface area contributed by atoms with E-state index in [0.717, 1.165) is 17.7 Å². The number of pyridine rings is 1. The van der Waals surface area contributed by atoms with Crippen molar-refractivity contribution in [2.24, 2.45) is 0 Å². The van der Waals surface area contributed by atoms with Crippen molar-refractivity contribution >= 4 is 5.69 Å². The third-order valence-electron chi connectivity index (χ3n) is 3.49. The van der Waals surface area contributed by atoms with E-state index in [2.05, 4.69) is 16.9 Å². The van der Waals surface area contributed by atoms with Gasteiger partial charge in [0.1, 0.15) is 0 Å². The van der Waals surface area contributed by atoms with Crippen LogP contribution in [-0.2, 0) is 0 Å². The lowest BCUT2D eigenvalue weighted by Crippen LogP contribution is -2.26. The van der Waals surface area contributed by atoms with Crippen molar-refractivity contribution in [3.8, 4) is 5.88 Å². The Labute approximate surface area is 103 Å². The van der Waals surface area contributed by atoms with Crippen LogP contribution in [0.25, 0.3) is 0 Å². The molecular formula is C13H21N3O. The average Bonchev–Trinajstić information content (AvgIpc) is 2.70. The second-order valence-electron chi connectivity index (χ2n) is 4.79. The number of ether oxygens (including phenoxy) is 1. The number of nitrogen functional groups attached to an aromatic ring is 1. The van der Waals surface area contributed by atoms with E-state index in [4.69, 9.17) is 10.5 Å². The lowest BCUT2D eigenvalue weighted by molar-refractivity contribution is 0.228. The van der Waals surface area contributed by atoms with Crippen LogP contribution in [0, 0.1) is 6.92 Å². The third kappa shape index (κ3) is 3.09. The SMILES string of the molecule is Cc1cnc(OCCC2CCCN2C)cc1N. The van der Waals surface area contributed by atoms with Gasteiger partial charge in [-0.2, -0.15) is 0 Å². The smallest absolute Gasteiger partial charge is 0.215 e. The van der Waals surface area contributed by atoms with Gasteiger partial charge in [0.05, 0.1) is 6.61 Å². The maximum atomic E-state index is 5.81. The first-order valence-electron chi connectivity index (χ1n) is 6.22. The number of likely N-dealkylation sites (tertiary alicyclic amines) is 1. The Balaban J connectivity index is 1.79. The van der Waals surface area contributed by atoms with Crippen molar-refractivity contribution < 1.29 is 4.74 Å². The van der Waals surface area contributed by atoms with Crippen molar-refractivity contribution in [1.82, 2.24) is 9.88 Å². The molecule has 1 aromatic rings. The van der Waals surface area contributed by atoms with E-state index in [0.29, 0.717) is 18.5 Å². The molecule has 1 aliphatic heterocycles. The summed E-state index contributed by atoms with van der Waals surface area (Å²) in [6.45, 7) is 3.87. The molecule has 0 bridgehead atoms. The van der Waals surface area contributed by atoms with Crippen molar-refractivity contribution in [3.05, 3.63) is 17.8 Å². The monoisotopic (exact) mass is 235 g/mol. The lowest BCUT2D eigenvalue weighted by Gasteiger charge is -2.19. The number of aromatic nitrogens is 1. The summed E-state index contributed by atoms with van der Waals surface area (Å²) in [5.74, 6) is 0.633. The fourth-order valence-electron chi connectivity index (χ4n) is 2.24. The van der Waals surface area contributed by atoms with Crippen LogP contribution in [0.3, 0.4) is 0 Å². The molecule has 0 saturated carbocycles. The van der Waals surface area contributed by atoms with Crippen LogP contribution in [0.5, 0.6) is 5.88 Å². The van der Waals surface area contributed by atoms with Gasteiger partial charge in [-0.3, -0.25) is 0 Å². The highest BCUT2D eigenvalue weighted by atomic mass is 16.5. The van der Waals surface area contributed by atoms with E-state index >= 15 is 0 Å². The summed E-state index contributed by atoms with van der Waals surface area (Å²) in [4.78, 5) is 6.61. The second kappa shape index (κ2) is 5.36. The topological polar surface area (TPSA) is 51.4 Å². The van der Waals surface area contributed by atoms with Crippen molar-refractivity contribution in [1.29, 1.82) is 0 Å². The standard InChI is InChI=1S/C13H21N3O/c1-10-9-15-13(8-12(10)14)17-7-5-11-4-3-6-16(11)2/h8-9,11H,3-7H2,1-2H3,(H2,14,15). The van der Waals surface area contributed by atoms with Crippen LogP contribution < -0.4 is 10.5 Å². The van der Waals surface area contributed by atoms with Gasteiger partial charge >= 0.3 is 0 Å². The van der Waals surface area contributed by atoms with E-state index in [9.17, 15) is 0 Å². The highest BCUT2D eigenvalue weighted by Gasteiger charge is 2.20. The number of anilines is 1. The Morgan fingerprint density at radius 1 is 1.59 bits per heavy atom. The van der Waals surface area contributed by atoms with E-state index in [-0.39, 0.29) is 0 Å². The minimum Gasteiger partial charge on any atom is -0.478 e. The number of hydrogen-bond donors (Lipinski definition) is 1. The van der Waals surface area contributed by atoms with Gasteiger partial charge in [-0.05, 0) is 45.3 Å². The Bertz CT molecular complexity index is 381. The summed E-state index contributed by atoms with van der Waals surface area (Å²) in [6, 6.07) is 2.46. The first kappa shape index (κ1) is 12.2. The van der Waals surface area contributed by atoms with Gasteiger partial charge in [-0.1, -0.05) is 0 Å². The largest absolute Gasteiger partial charge is 0.478 e. The highest BCUT2D eigenvalue weighted by molar-refractivity contribution is 5.47. The minimum absolute atomic E-state index is 0.633. The van der Waals surface area contributed by atoms with Gasteiger partial charge in [0.15, 0.2) is 0 Å². The molecule has 1 atom stereocenters. The van der Waals surface area contributed by atoms with Gasteiger partial charge in [-0.25, -0.2) is 4.98 Å². The summed E-state index contributed by atoms with van der Waals surface area (Å²) in [6.07, 6.45) is 5.40. The minimum atomic E-state index is 0.633. The van der Waals surface area contributed by atoms with Crippen LogP contribution in [0.1, 0.15) is 24.8 Å². The maximum absolute atomic E-state index is 5.81. The van der Waals surface area contributed by atoms with Gasteiger partial charge in [0.2, 0.25) is 5.88 Å². The zero-order valence-electron chi connectivity index (χ0n) is 10.6. The van der Waals surface area contributed by atoms with E-state index in [1.165, 1.54) is 19.4 Å². The molecule has 4 heteroatoms. The Kier molecular flexibility index (Phi) is 3.84. The third-order valence-corrected chi connectivity index (χ3v) is 3.49. The predicted octanol–water partition coefficient (Wildman–Crippen LogP) is 1.84. The molecule has 2 heterocycles. The number of aryl methyl sites for hydroxylation is 1. The average molecular weight is 235 g/mol. The molecule has 0 aromatic carbocycles. The van der Waals surface area contributed by atoms with Gasteiger partial charge in [0.25, 0.3) is 0 Å². The number of rotatable bonds is 4.